The van der Waals surface area contributed by atoms with Gasteiger partial charge in [0.25, 0.3) is 0 Å². The van der Waals surface area contributed by atoms with Gasteiger partial charge in [-0.2, -0.15) is 0 Å². The van der Waals surface area contributed by atoms with Crippen molar-refractivity contribution >= 4 is 11.4 Å². The van der Waals surface area contributed by atoms with Crippen molar-refractivity contribution in [2.24, 2.45) is 5.92 Å². The number of hydrogen-bond acceptors (Lipinski definition) is 4. The molecule has 1 unspecified atom stereocenters. The Morgan fingerprint density at radius 1 is 1.50 bits per heavy atom. The van der Waals surface area contributed by atoms with Crippen molar-refractivity contribution in [1.29, 1.82) is 0 Å². The number of halogens is 1. The number of ether oxygens (including phenoxy) is 1. The maximum atomic E-state index is 13.7. The Labute approximate surface area is 107 Å². The van der Waals surface area contributed by atoms with Gasteiger partial charge in [-0.25, -0.2) is 4.39 Å². The second kappa shape index (κ2) is 7.06. The molecule has 0 aromatic heterocycles. The van der Waals surface area contributed by atoms with Crippen LogP contribution in [-0.2, 0) is 0 Å². The quantitative estimate of drug-likeness (QED) is 0.654. The lowest BCUT2D eigenvalue weighted by Gasteiger charge is -2.16. The van der Waals surface area contributed by atoms with E-state index in [-0.39, 0.29) is 12.3 Å². The van der Waals surface area contributed by atoms with E-state index in [0.29, 0.717) is 30.3 Å². The molecule has 102 valence electrons. The zero-order valence-corrected chi connectivity index (χ0v) is 10.9. The summed E-state index contributed by atoms with van der Waals surface area (Å²) in [6, 6.07) is 2.80. The second-order valence-corrected chi connectivity index (χ2v) is 4.24. The van der Waals surface area contributed by atoms with Gasteiger partial charge in [-0.1, -0.05) is 13.3 Å². The summed E-state index contributed by atoms with van der Waals surface area (Å²) in [5, 5.41) is 11.9. The maximum absolute atomic E-state index is 13.7. The fourth-order valence-electron chi connectivity index (χ4n) is 1.77. The van der Waals surface area contributed by atoms with Gasteiger partial charge in [-0.3, -0.25) is 0 Å². The Kier molecular flexibility index (Phi) is 5.71. The average molecular weight is 256 g/mol. The molecule has 0 saturated heterocycles. The SMILES string of the molecule is CCC(CCO)CNc1cc(OC)c(N)cc1F. The number of nitrogen functional groups attached to an aromatic ring is 1. The van der Waals surface area contributed by atoms with E-state index in [1.54, 1.807) is 6.07 Å². The van der Waals surface area contributed by atoms with Gasteiger partial charge in [0.15, 0.2) is 0 Å². The molecule has 0 aliphatic carbocycles. The first-order chi connectivity index (χ1) is 8.62. The number of methoxy groups -OCH3 is 1. The number of nitrogens with one attached hydrogen (secondary N) is 1. The highest BCUT2D eigenvalue weighted by atomic mass is 19.1. The maximum Gasteiger partial charge on any atom is 0.148 e. The molecule has 0 amide bonds. The van der Waals surface area contributed by atoms with E-state index in [4.69, 9.17) is 15.6 Å². The van der Waals surface area contributed by atoms with Gasteiger partial charge in [0.1, 0.15) is 11.6 Å². The lowest BCUT2D eigenvalue weighted by Crippen LogP contribution is -2.15. The summed E-state index contributed by atoms with van der Waals surface area (Å²) >= 11 is 0. The summed E-state index contributed by atoms with van der Waals surface area (Å²) in [6.45, 7) is 2.80. The molecule has 0 aliphatic heterocycles. The minimum Gasteiger partial charge on any atom is -0.495 e. The van der Waals surface area contributed by atoms with Crippen LogP contribution in [0.2, 0.25) is 0 Å². The standard InChI is InChI=1S/C13H21FN2O2/c1-3-9(4-5-17)8-16-12-7-13(18-2)11(15)6-10(12)14/h6-7,9,16-17H,3-5,8,15H2,1-2H3. The number of hydrogen-bond donors (Lipinski definition) is 3. The van der Waals surface area contributed by atoms with Crippen molar-refractivity contribution in [1.82, 2.24) is 0 Å². The van der Waals surface area contributed by atoms with Crippen LogP contribution in [0.4, 0.5) is 15.8 Å². The highest BCUT2D eigenvalue weighted by molar-refractivity contribution is 5.62. The molecular formula is C13H21FN2O2. The Morgan fingerprint density at radius 2 is 2.22 bits per heavy atom. The lowest BCUT2D eigenvalue weighted by atomic mass is 10.0. The molecule has 1 rings (SSSR count). The molecular weight excluding hydrogens is 235 g/mol. The summed E-state index contributed by atoms with van der Waals surface area (Å²) in [5.41, 5.74) is 6.26. The summed E-state index contributed by atoms with van der Waals surface area (Å²) in [6.07, 6.45) is 1.64. The number of benzene rings is 1. The van der Waals surface area contributed by atoms with Gasteiger partial charge in [0.05, 0.1) is 18.5 Å². The van der Waals surface area contributed by atoms with Gasteiger partial charge in [0, 0.05) is 25.3 Å². The summed E-state index contributed by atoms with van der Waals surface area (Å²) < 4.78 is 18.7. The summed E-state index contributed by atoms with van der Waals surface area (Å²) in [5.74, 6) is 0.374. The monoisotopic (exact) mass is 256 g/mol. The van der Waals surface area contributed by atoms with Crippen molar-refractivity contribution in [2.45, 2.75) is 19.8 Å². The smallest absolute Gasteiger partial charge is 0.148 e. The third kappa shape index (κ3) is 3.77. The van der Waals surface area contributed by atoms with E-state index >= 15 is 0 Å². The molecule has 5 heteroatoms. The minimum atomic E-state index is -0.396. The molecule has 0 aliphatic rings. The van der Waals surface area contributed by atoms with E-state index in [9.17, 15) is 4.39 Å². The molecule has 1 aromatic rings. The molecule has 0 radical (unpaired) electrons. The number of rotatable bonds is 7. The topological polar surface area (TPSA) is 67.5 Å². The predicted octanol–water partition coefficient (Wildman–Crippen LogP) is 2.24. The molecule has 0 spiro atoms. The van der Waals surface area contributed by atoms with Crippen LogP contribution in [0.15, 0.2) is 12.1 Å². The van der Waals surface area contributed by atoms with Crippen molar-refractivity contribution in [3.63, 3.8) is 0 Å². The van der Waals surface area contributed by atoms with Crippen LogP contribution in [0.25, 0.3) is 0 Å². The number of nitrogens with two attached hydrogens (primary N) is 1. The third-order valence-electron chi connectivity index (χ3n) is 3.02. The summed E-state index contributed by atoms with van der Waals surface area (Å²) in [4.78, 5) is 0. The Bertz CT molecular complexity index is 385. The highest BCUT2D eigenvalue weighted by Gasteiger charge is 2.10. The molecule has 0 bridgehead atoms. The van der Waals surface area contributed by atoms with Crippen molar-refractivity contribution in [3.8, 4) is 5.75 Å². The van der Waals surface area contributed by atoms with Crippen molar-refractivity contribution in [2.75, 3.05) is 31.3 Å². The average Bonchev–Trinajstić information content (AvgIpc) is 2.36. The van der Waals surface area contributed by atoms with Gasteiger partial charge < -0.3 is 20.9 Å². The van der Waals surface area contributed by atoms with Crippen LogP contribution in [-0.4, -0.2) is 25.4 Å². The number of aliphatic hydroxyl groups excluding tert-OH is 1. The van der Waals surface area contributed by atoms with E-state index < -0.39 is 5.82 Å². The van der Waals surface area contributed by atoms with Gasteiger partial charge in [-0.15, -0.1) is 0 Å². The van der Waals surface area contributed by atoms with E-state index in [2.05, 4.69) is 5.32 Å². The number of anilines is 2. The first kappa shape index (κ1) is 14.6. The lowest BCUT2D eigenvalue weighted by molar-refractivity contribution is 0.258. The molecule has 18 heavy (non-hydrogen) atoms. The first-order valence-corrected chi connectivity index (χ1v) is 6.10. The minimum absolute atomic E-state index is 0.147. The Balaban J connectivity index is 2.72. The Morgan fingerprint density at radius 3 is 2.78 bits per heavy atom. The van der Waals surface area contributed by atoms with Crippen LogP contribution in [0, 0.1) is 11.7 Å². The van der Waals surface area contributed by atoms with E-state index in [0.717, 1.165) is 6.42 Å². The van der Waals surface area contributed by atoms with E-state index in [1.807, 2.05) is 6.92 Å². The number of aliphatic hydroxyl groups is 1. The molecule has 1 atom stereocenters. The van der Waals surface area contributed by atoms with Crippen LogP contribution >= 0.6 is 0 Å². The van der Waals surface area contributed by atoms with Crippen LogP contribution < -0.4 is 15.8 Å². The molecule has 0 heterocycles. The first-order valence-electron chi connectivity index (χ1n) is 6.10. The van der Waals surface area contributed by atoms with Crippen molar-refractivity contribution in [3.05, 3.63) is 17.9 Å². The Hall–Kier alpha value is -1.49. The van der Waals surface area contributed by atoms with Gasteiger partial charge >= 0.3 is 0 Å². The zero-order valence-electron chi connectivity index (χ0n) is 10.9. The molecule has 0 fully saturated rings. The van der Waals surface area contributed by atoms with Crippen LogP contribution in [0.3, 0.4) is 0 Å². The zero-order chi connectivity index (χ0) is 13.5. The molecule has 0 saturated carbocycles. The predicted molar refractivity (Wildman–Crippen MR) is 71.3 cm³/mol. The van der Waals surface area contributed by atoms with Crippen LogP contribution in [0.1, 0.15) is 19.8 Å². The molecule has 4 nitrogen and oxygen atoms in total. The van der Waals surface area contributed by atoms with Gasteiger partial charge in [-0.05, 0) is 12.3 Å². The largest absolute Gasteiger partial charge is 0.495 e. The molecule has 4 N–H and O–H groups in total. The summed E-state index contributed by atoms with van der Waals surface area (Å²) in [7, 11) is 1.49. The van der Waals surface area contributed by atoms with Gasteiger partial charge in [0.2, 0.25) is 0 Å². The normalized spacial score (nSPS) is 12.2. The van der Waals surface area contributed by atoms with Crippen LogP contribution in [0.5, 0.6) is 5.75 Å². The fourth-order valence-corrected chi connectivity index (χ4v) is 1.77. The van der Waals surface area contributed by atoms with Crippen molar-refractivity contribution < 1.29 is 14.2 Å². The fraction of sp³-hybridized carbons (Fsp3) is 0.538. The second-order valence-electron chi connectivity index (χ2n) is 4.24. The molecule has 1 aromatic carbocycles. The van der Waals surface area contributed by atoms with E-state index in [1.165, 1.54) is 13.2 Å². The highest BCUT2D eigenvalue weighted by Crippen LogP contribution is 2.28. The third-order valence-corrected chi connectivity index (χ3v) is 3.02.